The molecular weight excluding hydrogens is 174 g/mol. The Bertz CT molecular complexity index is 334. The van der Waals surface area contributed by atoms with E-state index in [9.17, 15) is 0 Å². The van der Waals surface area contributed by atoms with Crippen molar-refractivity contribution >= 4 is 0 Å². The van der Waals surface area contributed by atoms with Crippen LogP contribution in [0.5, 0.6) is 0 Å². The minimum atomic E-state index is -0.0432. The van der Waals surface area contributed by atoms with Crippen LogP contribution in [0.15, 0.2) is 6.20 Å². The zero-order valence-corrected chi connectivity index (χ0v) is 9.25. The average Bonchev–Trinajstić information content (AvgIpc) is 2.72. The Balaban J connectivity index is 2.31. The van der Waals surface area contributed by atoms with E-state index in [0.717, 1.165) is 19.3 Å². The van der Waals surface area contributed by atoms with E-state index in [4.69, 9.17) is 5.73 Å². The van der Waals surface area contributed by atoms with Crippen molar-refractivity contribution in [3.05, 3.63) is 17.5 Å². The zero-order chi connectivity index (χ0) is 10.3. The molecule has 0 radical (unpaired) electrons. The summed E-state index contributed by atoms with van der Waals surface area (Å²) in [5.41, 5.74) is 8.75. The molecule has 1 aromatic heterocycles. The molecule has 14 heavy (non-hydrogen) atoms. The van der Waals surface area contributed by atoms with Crippen molar-refractivity contribution < 1.29 is 0 Å². The number of aryl methyl sites for hydroxylation is 1. The van der Waals surface area contributed by atoms with Crippen LogP contribution in [-0.2, 0) is 19.0 Å². The van der Waals surface area contributed by atoms with Crippen LogP contribution in [0.3, 0.4) is 0 Å². The van der Waals surface area contributed by atoms with Crippen LogP contribution in [0.4, 0.5) is 0 Å². The van der Waals surface area contributed by atoms with E-state index in [0.29, 0.717) is 5.92 Å². The monoisotopic (exact) mass is 193 g/mol. The maximum absolute atomic E-state index is 6.20. The van der Waals surface area contributed by atoms with Crippen molar-refractivity contribution in [3.63, 3.8) is 0 Å². The van der Waals surface area contributed by atoms with Crippen LogP contribution in [0.25, 0.3) is 0 Å². The largest absolute Gasteiger partial charge is 0.321 e. The van der Waals surface area contributed by atoms with Gasteiger partial charge in [-0.3, -0.25) is 4.68 Å². The third-order valence-electron chi connectivity index (χ3n) is 2.99. The summed E-state index contributed by atoms with van der Waals surface area (Å²) in [4.78, 5) is 0. The predicted octanol–water partition coefficient (Wildman–Crippen LogP) is 1.57. The molecule has 3 nitrogen and oxygen atoms in total. The summed E-state index contributed by atoms with van der Waals surface area (Å²) in [7, 11) is 2.01. The minimum absolute atomic E-state index is 0.0432. The summed E-state index contributed by atoms with van der Waals surface area (Å²) in [6, 6.07) is 0. The maximum Gasteiger partial charge on any atom is 0.0543 e. The standard InChI is InChI=1S/C11H19N3/c1-8(2)6-10-9(7-13-14(10)3)11(12)4-5-11/h7-8H,4-6,12H2,1-3H3. The normalized spacial score (nSPS) is 18.9. The van der Waals surface area contributed by atoms with Crippen LogP contribution in [0.1, 0.15) is 37.9 Å². The highest BCUT2D eigenvalue weighted by molar-refractivity contribution is 5.32. The Morgan fingerprint density at radius 3 is 2.71 bits per heavy atom. The van der Waals surface area contributed by atoms with Gasteiger partial charge in [0, 0.05) is 23.8 Å². The van der Waals surface area contributed by atoms with Crippen molar-refractivity contribution in [2.45, 2.75) is 38.6 Å². The molecule has 1 aromatic rings. The molecule has 1 aliphatic rings. The molecule has 0 saturated heterocycles. The van der Waals surface area contributed by atoms with Crippen molar-refractivity contribution in [2.75, 3.05) is 0 Å². The van der Waals surface area contributed by atoms with Gasteiger partial charge in [-0.2, -0.15) is 5.10 Å². The molecule has 0 aliphatic heterocycles. The van der Waals surface area contributed by atoms with Crippen molar-refractivity contribution in [1.29, 1.82) is 0 Å². The van der Waals surface area contributed by atoms with Crippen LogP contribution in [0.2, 0.25) is 0 Å². The van der Waals surface area contributed by atoms with Gasteiger partial charge in [0.25, 0.3) is 0 Å². The van der Waals surface area contributed by atoms with Gasteiger partial charge in [-0.15, -0.1) is 0 Å². The van der Waals surface area contributed by atoms with E-state index >= 15 is 0 Å². The Labute approximate surface area is 85.3 Å². The lowest BCUT2D eigenvalue weighted by atomic mass is 10.00. The van der Waals surface area contributed by atoms with Gasteiger partial charge in [-0.25, -0.2) is 0 Å². The quantitative estimate of drug-likeness (QED) is 0.791. The van der Waals surface area contributed by atoms with Gasteiger partial charge in [0.2, 0.25) is 0 Å². The average molecular weight is 193 g/mol. The molecule has 2 N–H and O–H groups in total. The Morgan fingerprint density at radius 2 is 2.21 bits per heavy atom. The van der Waals surface area contributed by atoms with Gasteiger partial charge in [0.05, 0.1) is 6.20 Å². The number of nitrogens with zero attached hydrogens (tertiary/aromatic N) is 2. The van der Waals surface area contributed by atoms with Crippen LogP contribution in [-0.4, -0.2) is 9.78 Å². The van der Waals surface area contributed by atoms with Gasteiger partial charge < -0.3 is 5.73 Å². The maximum atomic E-state index is 6.20. The van der Waals surface area contributed by atoms with Crippen LogP contribution < -0.4 is 5.73 Å². The fourth-order valence-corrected chi connectivity index (χ4v) is 1.91. The highest BCUT2D eigenvalue weighted by atomic mass is 15.3. The second-order valence-electron chi connectivity index (χ2n) is 4.88. The minimum Gasteiger partial charge on any atom is -0.321 e. The molecular formula is C11H19N3. The summed E-state index contributed by atoms with van der Waals surface area (Å²) in [6.07, 6.45) is 5.25. The van der Waals surface area contributed by atoms with E-state index in [1.165, 1.54) is 11.3 Å². The highest BCUT2D eigenvalue weighted by Crippen LogP contribution is 2.44. The number of hydrogen-bond acceptors (Lipinski definition) is 2. The molecule has 0 aromatic carbocycles. The third-order valence-corrected chi connectivity index (χ3v) is 2.99. The molecule has 0 amide bonds. The topological polar surface area (TPSA) is 43.8 Å². The van der Waals surface area contributed by atoms with E-state index in [2.05, 4.69) is 18.9 Å². The van der Waals surface area contributed by atoms with Gasteiger partial charge in [-0.1, -0.05) is 13.8 Å². The number of hydrogen-bond donors (Lipinski definition) is 1. The van der Waals surface area contributed by atoms with E-state index in [1.54, 1.807) is 0 Å². The predicted molar refractivity (Wildman–Crippen MR) is 56.8 cm³/mol. The Hall–Kier alpha value is -0.830. The zero-order valence-electron chi connectivity index (χ0n) is 9.25. The highest BCUT2D eigenvalue weighted by Gasteiger charge is 2.42. The lowest BCUT2D eigenvalue weighted by Gasteiger charge is -2.12. The summed E-state index contributed by atoms with van der Waals surface area (Å²) in [5.74, 6) is 0.659. The molecule has 1 heterocycles. The molecule has 1 fully saturated rings. The van der Waals surface area contributed by atoms with Crippen LogP contribution >= 0.6 is 0 Å². The third kappa shape index (κ3) is 1.57. The summed E-state index contributed by atoms with van der Waals surface area (Å²) >= 11 is 0. The van der Waals surface area contributed by atoms with Crippen molar-refractivity contribution in [1.82, 2.24) is 9.78 Å². The number of nitrogens with two attached hydrogens (primary N) is 1. The van der Waals surface area contributed by atoms with Gasteiger partial charge in [-0.05, 0) is 25.2 Å². The number of rotatable bonds is 3. The molecule has 1 aliphatic carbocycles. The first-order valence-corrected chi connectivity index (χ1v) is 5.33. The molecule has 78 valence electrons. The fraction of sp³-hybridized carbons (Fsp3) is 0.727. The van der Waals surface area contributed by atoms with Crippen LogP contribution in [0, 0.1) is 5.92 Å². The van der Waals surface area contributed by atoms with Gasteiger partial charge >= 0.3 is 0 Å². The lowest BCUT2D eigenvalue weighted by molar-refractivity contribution is 0.582. The molecule has 0 bridgehead atoms. The Kier molecular flexibility index (Phi) is 2.14. The van der Waals surface area contributed by atoms with Crippen molar-refractivity contribution in [2.24, 2.45) is 18.7 Å². The summed E-state index contributed by atoms with van der Waals surface area (Å²) in [5, 5.41) is 4.31. The smallest absolute Gasteiger partial charge is 0.0543 e. The molecule has 3 heteroatoms. The first kappa shape index (κ1) is 9.71. The van der Waals surface area contributed by atoms with Crippen molar-refractivity contribution in [3.8, 4) is 0 Å². The van der Waals surface area contributed by atoms with Gasteiger partial charge in [0.1, 0.15) is 0 Å². The second-order valence-corrected chi connectivity index (χ2v) is 4.88. The molecule has 0 spiro atoms. The fourth-order valence-electron chi connectivity index (χ4n) is 1.91. The van der Waals surface area contributed by atoms with Gasteiger partial charge in [0.15, 0.2) is 0 Å². The lowest BCUT2D eigenvalue weighted by Crippen LogP contribution is -2.21. The number of aromatic nitrogens is 2. The first-order valence-electron chi connectivity index (χ1n) is 5.33. The summed E-state index contributed by atoms with van der Waals surface area (Å²) < 4.78 is 1.97. The van der Waals surface area contributed by atoms with E-state index < -0.39 is 0 Å². The Morgan fingerprint density at radius 1 is 1.57 bits per heavy atom. The molecule has 1 saturated carbocycles. The molecule has 2 rings (SSSR count). The van der Waals surface area contributed by atoms with E-state index in [-0.39, 0.29) is 5.54 Å². The first-order chi connectivity index (χ1) is 6.53. The summed E-state index contributed by atoms with van der Waals surface area (Å²) in [6.45, 7) is 4.46. The second kappa shape index (κ2) is 3.09. The molecule has 0 unspecified atom stereocenters. The van der Waals surface area contributed by atoms with E-state index in [1.807, 2.05) is 17.9 Å². The SMILES string of the molecule is CC(C)Cc1c(C2(N)CC2)cnn1C. The molecule has 0 atom stereocenters.